The van der Waals surface area contributed by atoms with Crippen LogP contribution in [0.1, 0.15) is 30.0 Å². The Balaban J connectivity index is 1.70. The van der Waals surface area contributed by atoms with Crippen LogP contribution in [0.2, 0.25) is 5.02 Å². The van der Waals surface area contributed by atoms with Crippen LogP contribution in [-0.2, 0) is 6.42 Å². The van der Waals surface area contributed by atoms with Crippen molar-refractivity contribution in [3.8, 4) is 5.75 Å². The van der Waals surface area contributed by atoms with Gasteiger partial charge in [0.1, 0.15) is 11.6 Å². The molecule has 0 heterocycles. The van der Waals surface area contributed by atoms with Gasteiger partial charge in [0, 0.05) is 5.69 Å². The minimum atomic E-state index is -0.448. The fraction of sp³-hybridized carbons (Fsp3) is 0.278. The molecule has 0 aliphatic heterocycles. The topological polar surface area (TPSA) is 33.3 Å². The molecule has 6 heteroatoms. The van der Waals surface area contributed by atoms with Crippen LogP contribution < -0.4 is 15.4 Å². The number of methoxy groups -OCH3 is 1. The van der Waals surface area contributed by atoms with Gasteiger partial charge in [0.2, 0.25) is 0 Å². The van der Waals surface area contributed by atoms with Crippen molar-refractivity contribution < 1.29 is 9.13 Å². The van der Waals surface area contributed by atoms with Gasteiger partial charge in [-0.15, -0.1) is 0 Å². The number of nitrogens with one attached hydrogen (secondary N) is 2. The van der Waals surface area contributed by atoms with Gasteiger partial charge in [-0.2, -0.15) is 0 Å². The summed E-state index contributed by atoms with van der Waals surface area (Å²) in [4.78, 5) is 0. The lowest BCUT2D eigenvalue weighted by Crippen LogP contribution is -2.34. The van der Waals surface area contributed by atoms with Crippen molar-refractivity contribution in [1.82, 2.24) is 5.32 Å². The van der Waals surface area contributed by atoms with Crippen molar-refractivity contribution in [2.24, 2.45) is 0 Å². The van der Waals surface area contributed by atoms with Crippen molar-refractivity contribution in [2.45, 2.75) is 25.3 Å². The summed E-state index contributed by atoms with van der Waals surface area (Å²) in [6.45, 7) is 0. The van der Waals surface area contributed by atoms with Gasteiger partial charge in [-0.25, -0.2) is 4.39 Å². The van der Waals surface area contributed by atoms with Gasteiger partial charge in [-0.05, 0) is 72.9 Å². The van der Waals surface area contributed by atoms with E-state index in [2.05, 4.69) is 22.8 Å². The average molecular weight is 365 g/mol. The van der Waals surface area contributed by atoms with Gasteiger partial charge < -0.3 is 15.4 Å². The largest absolute Gasteiger partial charge is 0.497 e. The van der Waals surface area contributed by atoms with Crippen molar-refractivity contribution in [1.29, 1.82) is 0 Å². The van der Waals surface area contributed by atoms with E-state index in [9.17, 15) is 4.39 Å². The second kappa shape index (κ2) is 7.36. The normalized spacial score (nSPS) is 16.2. The summed E-state index contributed by atoms with van der Waals surface area (Å²) >= 11 is 11.2. The minimum absolute atomic E-state index is 0.0675. The zero-order valence-corrected chi connectivity index (χ0v) is 14.8. The molecule has 2 aromatic rings. The summed E-state index contributed by atoms with van der Waals surface area (Å²) in [6, 6.07) is 10.7. The van der Waals surface area contributed by atoms with E-state index >= 15 is 0 Å². The molecule has 2 aromatic carbocycles. The van der Waals surface area contributed by atoms with E-state index in [1.54, 1.807) is 13.2 Å². The average Bonchev–Trinajstić information content (AvgIpc) is 2.58. The first-order chi connectivity index (χ1) is 11.6. The lowest BCUT2D eigenvalue weighted by Gasteiger charge is -2.28. The van der Waals surface area contributed by atoms with Gasteiger partial charge in [0.25, 0.3) is 0 Å². The maximum atomic E-state index is 13.2. The number of benzene rings is 2. The number of aryl methyl sites for hydroxylation is 1. The number of rotatable bonds is 3. The van der Waals surface area contributed by atoms with Crippen LogP contribution in [-0.4, -0.2) is 12.2 Å². The lowest BCUT2D eigenvalue weighted by molar-refractivity contribution is 0.412. The standard InChI is InChI=1S/C18H18ClFN2OS/c1-23-13-6-7-14-11(9-13)3-2-4-17(14)22-18(24)21-12-5-8-16(20)15(19)10-12/h5-10,17H,2-4H2,1H3,(H2,21,22,24)/t17-/m1/s1. The summed E-state index contributed by atoms with van der Waals surface area (Å²) in [6.07, 6.45) is 3.13. The molecule has 0 radical (unpaired) electrons. The lowest BCUT2D eigenvalue weighted by atomic mass is 9.87. The molecular formula is C18H18ClFN2OS. The Morgan fingerprint density at radius 2 is 2.12 bits per heavy atom. The second-order valence-electron chi connectivity index (χ2n) is 5.74. The summed E-state index contributed by atoms with van der Waals surface area (Å²) in [5.41, 5.74) is 3.18. The molecule has 0 saturated carbocycles. The Morgan fingerprint density at radius 1 is 1.29 bits per heavy atom. The Morgan fingerprint density at radius 3 is 2.88 bits per heavy atom. The monoisotopic (exact) mass is 364 g/mol. The molecule has 1 atom stereocenters. The van der Waals surface area contributed by atoms with Crippen molar-refractivity contribution >= 4 is 34.6 Å². The van der Waals surface area contributed by atoms with E-state index in [4.69, 9.17) is 28.6 Å². The predicted octanol–water partition coefficient (Wildman–Crippen LogP) is 4.85. The number of hydrogen-bond acceptors (Lipinski definition) is 2. The molecule has 2 N–H and O–H groups in total. The summed E-state index contributed by atoms with van der Waals surface area (Å²) in [5.74, 6) is 0.423. The van der Waals surface area contributed by atoms with Gasteiger partial charge in [0.15, 0.2) is 5.11 Å². The highest BCUT2D eigenvalue weighted by atomic mass is 35.5. The molecule has 0 aromatic heterocycles. The third-order valence-corrected chi connectivity index (χ3v) is 4.66. The summed E-state index contributed by atoms with van der Waals surface area (Å²) < 4.78 is 18.5. The maximum Gasteiger partial charge on any atom is 0.171 e. The Bertz CT molecular complexity index is 769. The van der Waals surface area contributed by atoms with Gasteiger partial charge in [0.05, 0.1) is 18.2 Å². The molecular weight excluding hydrogens is 347 g/mol. The molecule has 1 aliphatic rings. The molecule has 0 saturated heterocycles. The van der Waals surface area contributed by atoms with Crippen LogP contribution in [0.25, 0.3) is 0 Å². The van der Waals surface area contributed by atoms with Crippen LogP contribution in [0.15, 0.2) is 36.4 Å². The fourth-order valence-corrected chi connectivity index (χ4v) is 3.41. The number of hydrogen-bond donors (Lipinski definition) is 2. The summed E-state index contributed by atoms with van der Waals surface area (Å²) in [5, 5.41) is 6.95. The first-order valence-electron chi connectivity index (χ1n) is 7.76. The van der Waals surface area contributed by atoms with E-state index in [0.717, 1.165) is 25.0 Å². The molecule has 0 bridgehead atoms. The van der Waals surface area contributed by atoms with Crippen molar-refractivity contribution in [3.05, 3.63) is 58.4 Å². The first kappa shape index (κ1) is 17.0. The second-order valence-corrected chi connectivity index (χ2v) is 6.55. The Hall–Kier alpha value is -1.85. The van der Waals surface area contributed by atoms with Crippen LogP contribution in [0.3, 0.4) is 0 Å². The number of halogens is 2. The van der Waals surface area contributed by atoms with Crippen LogP contribution in [0.5, 0.6) is 5.75 Å². The third kappa shape index (κ3) is 3.79. The molecule has 0 fully saturated rings. The third-order valence-electron chi connectivity index (χ3n) is 4.15. The molecule has 3 nitrogen and oxygen atoms in total. The number of thiocarbonyl (C=S) groups is 1. The number of ether oxygens (including phenoxy) is 1. The number of fused-ring (bicyclic) bond motifs is 1. The smallest absolute Gasteiger partial charge is 0.171 e. The molecule has 0 amide bonds. The highest BCUT2D eigenvalue weighted by molar-refractivity contribution is 7.80. The Labute approximate surface area is 151 Å². The van der Waals surface area contributed by atoms with E-state index in [0.29, 0.717) is 10.8 Å². The molecule has 3 rings (SSSR count). The quantitative estimate of drug-likeness (QED) is 0.762. The fourth-order valence-electron chi connectivity index (χ4n) is 2.97. The minimum Gasteiger partial charge on any atom is -0.497 e. The summed E-state index contributed by atoms with van der Waals surface area (Å²) in [7, 11) is 1.67. The maximum absolute atomic E-state index is 13.2. The van der Waals surface area contributed by atoms with Gasteiger partial charge in [-0.1, -0.05) is 17.7 Å². The van der Waals surface area contributed by atoms with Crippen molar-refractivity contribution in [2.75, 3.05) is 12.4 Å². The van der Waals surface area contributed by atoms with Crippen LogP contribution in [0, 0.1) is 5.82 Å². The highest BCUT2D eigenvalue weighted by Crippen LogP contribution is 2.32. The van der Waals surface area contributed by atoms with E-state index < -0.39 is 5.82 Å². The molecule has 0 unspecified atom stereocenters. The molecule has 126 valence electrons. The predicted molar refractivity (Wildman–Crippen MR) is 99.4 cm³/mol. The molecule has 24 heavy (non-hydrogen) atoms. The van der Waals surface area contributed by atoms with E-state index in [-0.39, 0.29) is 11.1 Å². The van der Waals surface area contributed by atoms with Crippen LogP contribution in [0.4, 0.5) is 10.1 Å². The molecule has 0 spiro atoms. The number of anilines is 1. The SMILES string of the molecule is COc1ccc2c(c1)CCC[C@H]2NC(=S)Nc1ccc(F)c(Cl)c1. The zero-order valence-electron chi connectivity index (χ0n) is 13.2. The van der Waals surface area contributed by atoms with Gasteiger partial charge in [-0.3, -0.25) is 0 Å². The molecule has 1 aliphatic carbocycles. The first-order valence-corrected chi connectivity index (χ1v) is 8.55. The Kier molecular flexibility index (Phi) is 5.21. The van der Waals surface area contributed by atoms with E-state index in [1.807, 2.05) is 6.07 Å². The van der Waals surface area contributed by atoms with Crippen LogP contribution >= 0.6 is 23.8 Å². The highest BCUT2D eigenvalue weighted by Gasteiger charge is 2.21. The van der Waals surface area contributed by atoms with Gasteiger partial charge >= 0.3 is 0 Å². The van der Waals surface area contributed by atoms with Crippen molar-refractivity contribution in [3.63, 3.8) is 0 Å². The van der Waals surface area contributed by atoms with E-state index in [1.165, 1.54) is 23.3 Å². The zero-order chi connectivity index (χ0) is 17.1.